The van der Waals surface area contributed by atoms with E-state index in [4.69, 9.17) is 14.2 Å². The zero-order valence-corrected chi connectivity index (χ0v) is 53.1. The first-order valence-electron chi connectivity index (χ1n) is 34.6. The summed E-state index contributed by atoms with van der Waals surface area (Å²) in [6.45, 7) is 6.54. The molecule has 6 heteroatoms. The van der Waals surface area contributed by atoms with Crippen molar-refractivity contribution in [3.8, 4) is 0 Å². The van der Waals surface area contributed by atoms with Crippen LogP contribution in [0.2, 0.25) is 0 Å². The van der Waals surface area contributed by atoms with E-state index in [0.29, 0.717) is 19.3 Å². The van der Waals surface area contributed by atoms with Gasteiger partial charge in [0.1, 0.15) is 13.2 Å². The number of esters is 3. The van der Waals surface area contributed by atoms with Crippen LogP contribution in [0, 0.1) is 0 Å². The SMILES string of the molecule is CC/C=C\C/C=C\C/C=C\C/C=C\C/C=C\CCCCCC(=O)OCC(COC(=O)CCCCCCCCCCCCC/C=C\C/C=C\CCCCCCC)OC(=O)CCCCCCCCCCCCCCCCCCCCCC. The van der Waals surface area contributed by atoms with E-state index < -0.39 is 6.10 Å². The molecule has 0 heterocycles. The van der Waals surface area contributed by atoms with E-state index >= 15 is 0 Å². The lowest BCUT2D eigenvalue weighted by Crippen LogP contribution is -2.30. The van der Waals surface area contributed by atoms with Crippen LogP contribution in [-0.4, -0.2) is 37.2 Å². The van der Waals surface area contributed by atoms with Crippen molar-refractivity contribution in [2.75, 3.05) is 13.2 Å². The maximum absolute atomic E-state index is 13.0. The molecule has 0 aromatic rings. The molecule has 0 spiro atoms. The summed E-state index contributed by atoms with van der Waals surface area (Å²) >= 11 is 0. The third kappa shape index (κ3) is 65.4. The van der Waals surface area contributed by atoms with Gasteiger partial charge >= 0.3 is 17.9 Å². The van der Waals surface area contributed by atoms with Crippen LogP contribution in [0.25, 0.3) is 0 Å². The standard InChI is InChI=1S/C74H130O6/c1-4-7-10-13-16-19-22-25-28-31-34-36-37-38-41-43-46-49-52-55-58-61-64-67-73(76)79-70-71(69-78-72(75)66-63-60-57-54-51-48-45-42-39-33-30-27-24-21-18-15-12-9-6-3)80-74(77)68-65-62-59-56-53-50-47-44-40-35-32-29-26-23-20-17-14-11-8-5-2/h9,12,18,21-22,25,27,30-31,34,39,42,48,51,71H,4-8,10-11,13-17,19-20,23-24,26,28-29,32-33,35-38,40-41,43-47,49-50,52-70H2,1-3H3/b12-9-,21-18-,25-22-,30-27-,34-31-,42-39-,51-48-. The minimum atomic E-state index is -0.792. The highest BCUT2D eigenvalue weighted by molar-refractivity contribution is 5.71. The van der Waals surface area contributed by atoms with Crippen molar-refractivity contribution in [1.82, 2.24) is 0 Å². The summed E-state index contributed by atoms with van der Waals surface area (Å²) in [6.07, 6.45) is 90.3. The van der Waals surface area contributed by atoms with E-state index in [1.165, 1.54) is 205 Å². The topological polar surface area (TPSA) is 78.9 Å². The summed E-state index contributed by atoms with van der Waals surface area (Å²) in [6, 6.07) is 0. The summed E-state index contributed by atoms with van der Waals surface area (Å²) < 4.78 is 17.0. The zero-order valence-electron chi connectivity index (χ0n) is 53.1. The lowest BCUT2D eigenvalue weighted by atomic mass is 10.0. The predicted molar refractivity (Wildman–Crippen MR) is 348 cm³/mol. The van der Waals surface area contributed by atoms with Gasteiger partial charge in [-0.25, -0.2) is 0 Å². The van der Waals surface area contributed by atoms with Crippen molar-refractivity contribution in [3.63, 3.8) is 0 Å². The van der Waals surface area contributed by atoms with E-state index in [9.17, 15) is 14.4 Å². The molecule has 0 radical (unpaired) electrons. The van der Waals surface area contributed by atoms with Gasteiger partial charge in [0.2, 0.25) is 0 Å². The van der Waals surface area contributed by atoms with Crippen LogP contribution < -0.4 is 0 Å². The van der Waals surface area contributed by atoms with Gasteiger partial charge in [0.05, 0.1) is 0 Å². The Balaban J connectivity index is 4.39. The highest BCUT2D eigenvalue weighted by Crippen LogP contribution is 2.17. The van der Waals surface area contributed by atoms with Crippen molar-refractivity contribution in [3.05, 3.63) is 85.1 Å². The molecule has 0 N–H and O–H groups in total. The molecule has 462 valence electrons. The molecule has 1 atom stereocenters. The maximum Gasteiger partial charge on any atom is 0.306 e. The summed E-state index contributed by atoms with van der Waals surface area (Å²) in [5, 5.41) is 0. The number of carbonyl (C=O) groups is 3. The Morgan fingerprint density at radius 1 is 0.263 bits per heavy atom. The zero-order chi connectivity index (χ0) is 57.8. The van der Waals surface area contributed by atoms with Gasteiger partial charge in [-0.05, 0) is 96.3 Å². The lowest BCUT2D eigenvalue weighted by molar-refractivity contribution is -0.167. The number of hydrogen-bond acceptors (Lipinski definition) is 6. The fourth-order valence-electron chi connectivity index (χ4n) is 9.97. The Morgan fingerprint density at radius 2 is 0.487 bits per heavy atom. The molecule has 1 unspecified atom stereocenters. The third-order valence-electron chi connectivity index (χ3n) is 15.1. The van der Waals surface area contributed by atoms with Crippen LogP contribution in [-0.2, 0) is 28.6 Å². The fraction of sp³-hybridized carbons (Fsp3) is 0.770. The van der Waals surface area contributed by atoms with Crippen LogP contribution in [0.3, 0.4) is 0 Å². The summed E-state index contributed by atoms with van der Waals surface area (Å²) in [7, 11) is 0. The number of ether oxygens (including phenoxy) is 3. The monoisotopic (exact) mass is 1110 g/mol. The van der Waals surface area contributed by atoms with Gasteiger partial charge in [-0.2, -0.15) is 0 Å². The number of hydrogen-bond donors (Lipinski definition) is 0. The van der Waals surface area contributed by atoms with Gasteiger partial charge in [0.25, 0.3) is 0 Å². The fourth-order valence-corrected chi connectivity index (χ4v) is 9.97. The quantitative estimate of drug-likeness (QED) is 0.0261. The molecule has 80 heavy (non-hydrogen) atoms. The molecule has 0 amide bonds. The average Bonchev–Trinajstić information content (AvgIpc) is 3.46. The summed E-state index contributed by atoms with van der Waals surface area (Å²) in [5.41, 5.74) is 0. The second-order valence-electron chi connectivity index (χ2n) is 23.1. The lowest BCUT2D eigenvalue weighted by Gasteiger charge is -2.18. The summed E-state index contributed by atoms with van der Waals surface area (Å²) in [5.74, 6) is -0.901. The maximum atomic E-state index is 13.0. The van der Waals surface area contributed by atoms with Crippen molar-refractivity contribution in [2.24, 2.45) is 0 Å². The second-order valence-corrected chi connectivity index (χ2v) is 23.1. The number of carbonyl (C=O) groups excluding carboxylic acids is 3. The van der Waals surface area contributed by atoms with Crippen LogP contribution in [0.1, 0.15) is 348 Å². The number of unbranched alkanes of at least 4 members (excludes halogenated alkanes) is 38. The van der Waals surface area contributed by atoms with Crippen LogP contribution in [0.4, 0.5) is 0 Å². The molecule has 0 saturated carbocycles. The largest absolute Gasteiger partial charge is 0.462 e. The minimum absolute atomic E-state index is 0.0853. The van der Waals surface area contributed by atoms with Gasteiger partial charge in [0, 0.05) is 19.3 Å². The van der Waals surface area contributed by atoms with Gasteiger partial charge < -0.3 is 14.2 Å². The van der Waals surface area contributed by atoms with Gasteiger partial charge in [-0.3, -0.25) is 14.4 Å². The van der Waals surface area contributed by atoms with Crippen molar-refractivity contribution < 1.29 is 28.6 Å². The van der Waals surface area contributed by atoms with Gasteiger partial charge in [-0.15, -0.1) is 0 Å². The smallest absolute Gasteiger partial charge is 0.306 e. The molecular formula is C74H130O6. The van der Waals surface area contributed by atoms with E-state index in [1.807, 2.05) is 0 Å². The Hall–Kier alpha value is -3.41. The van der Waals surface area contributed by atoms with E-state index in [0.717, 1.165) is 103 Å². The molecular weight excluding hydrogens is 985 g/mol. The first-order valence-corrected chi connectivity index (χ1v) is 34.6. The molecule has 0 bridgehead atoms. The van der Waals surface area contributed by atoms with E-state index in [-0.39, 0.29) is 31.1 Å². The van der Waals surface area contributed by atoms with E-state index in [1.54, 1.807) is 0 Å². The number of allylic oxidation sites excluding steroid dienone is 14. The molecule has 0 aliphatic heterocycles. The molecule has 6 nitrogen and oxygen atoms in total. The van der Waals surface area contributed by atoms with E-state index in [2.05, 4.69) is 106 Å². The van der Waals surface area contributed by atoms with Gasteiger partial charge in [0.15, 0.2) is 6.10 Å². The second kappa shape index (κ2) is 68.1. The molecule has 0 aromatic carbocycles. The molecule has 0 saturated heterocycles. The predicted octanol–water partition coefficient (Wildman–Crippen LogP) is 23.8. The van der Waals surface area contributed by atoms with Gasteiger partial charge in [-0.1, -0.05) is 318 Å². The Bertz CT molecular complexity index is 1520. The highest BCUT2D eigenvalue weighted by atomic mass is 16.6. The Kier molecular flexibility index (Phi) is 65.2. The molecule has 0 aliphatic carbocycles. The Labute approximate surface area is 496 Å². The first kappa shape index (κ1) is 76.6. The van der Waals surface area contributed by atoms with Crippen molar-refractivity contribution in [2.45, 2.75) is 354 Å². The minimum Gasteiger partial charge on any atom is -0.462 e. The normalized spacial score (nSPS) is 12.6. The average molecular weight is 1120 g/mol. The highest BCUT2D eigenvalue weighted by Gasteiger charge is 2.19. The molecule has 0 aliphatic rings. The van der Waals surface area contributed by atoms with Crippen LogP contribution in [0.15, 0.2) is 85.1 Å². The van der Waals surface area contributed by atoms with Crippen LogP contribution in [0.5, 0.6) is 0 Å². The number of rotatable bonds is 63. The first-order chi connectivity index (χ1) is 39.5. The van der Waals surface area contributed by atoms with Crippen molar-refractivity contribution >= 4 is 17.9 Å². The molecule has 0 rings (SSSR count). The molecule has 0 fully saturated rings. The molecule has 0 aromatic heterocycles. The summed E-state index contributed by atoms with van der Waals surface area (Å²) in [4.78, 5) is 38.5. The van der Waals surface area contributed by atoms with Crippen molar-refractivity contribution in [1.29, 1.82) is 0 Å². The third-order valence-corrected chi connectivity index (χ3v) is 15.1. The Morgan fingerprint density at radius 3 is 0.775 bits per heavy atom. The van der Waals surface area contributed by atoms with Crippen LogP contribution >= 0.6 is 0 Å².